The lowest BCUT2D eigenvalue weighted by atomic mass is 9.90. The van der Waals surface area contributed by atoms with Crippen LogP contribution in [0.2, 0.25) is 0 Å². The van der Waals surface area contributed by atoms with E-state index < -0.39 is 22.5 Å². The Bertz CT molecular complexity index is 745. The molecular weight excluding hydrogens is 331 g/mol. The number of piperidine rings is 1. The Morgan fingerprint density at radius 2 is 2.20 bits per heavy atom. The van der Waals surface area contributed by atoms with Crippen molar-refractivity contribution in [3.8, 4) is 5.75 Å². The largest absolute Gasteiger partial charge is 0.497 e. The quantitative estimate of drug-likeness (QED) is 0.634. The van der Waals surface area contributed by atoms with E-state index in [2.05, 4.69) is 9.97 Å². The molecule has 1 aliphatic heterocycles. The standard InChI is InChI=1S/C16H19FN4O4/c1-25-11-8-12(17)14(21(23)24)13(9-11)20-6-2-10(3-7-20)15(22)16-18-4-5-19-16/h4-5,8-10,15,22H,2-3,6-7H2,1H3,(H,18,19)/t15-/m1/s1. The molecular formula is C16H19FN4O4. The summed E-state index contributed by atoms with van der Waals surface area (Å²) in [4.78, 5) is 19.3. The molecule has 9 heteroatoms. The van der Waals surface area contributed by atoms with Gasteiger partial charge in [0.25, 0.3) is 0 Å². The third-order valence-electron chi connectivity index (χ3n) is 4.56. The van der Waals surface area contributed by atoms with E-state index in [0.29, 0.717) is 31.8 Å². The van der Waals surface area contributed by atoms with Crippen LogP contribution in [0, 0.1) is 21.8 Å². The molecule has 0 amide bonds. The Morgan fingerprint density at radius 3 is 2.76 bits per heavy atom. The molecule has 1 aliphatic rings. The Kier molecular flexibility index (Phi) is 4.84. The van der Waals surface area contributed by atoms with Crippen molar-refractivity contribution in [3.05, 3.63) is 46.3 Å². The number of nitrogens with one attached hydrogen (secondary N) is 1. The molecule has 8 nitrogen and oxygen atoms in total. The minimum Gasteiger partial charge on any atom is -0.497 e. The van der Waals surface area contributed by atoms with Gasteiger partial charge in [-0.3, -0.25) is 10.1 Å². The minimum absolute atomic E-state index is 0.0167. The van der Waals surface area contributed by atoms with Crippen LogP contribution >= 0.6 is 0 Å². The number of aliphatic hydroxyl groups is 1. The molecule has 0 aliphatic carbocycles. The van der Waals surface area contributed by atoms with Crippen molar-refractivity contribution in [2.45, 2.75) is 18.9 Å². The van der Waals surface area contributed by atoms with Crippen LogP contribution in [-0.2, 0) is 0 Å². The van der Waals surface area contributed by atoms with Crippen LogP contribution in [0.4, 0.5) is 15.8 Å². The van der Waals surface area contributed by atoms with E-state index in [0.717, 1.165) is 6.07 Å². The molecule has 1 saturated heterocycles. The van der Waals surface area contributed by atoms with Gasteiger partial charge >= 0.3 is 5.69 Å². The zero-order valence-corrected chi connectivity index (χ0v) is 13.7. The fourth-order valence-corrected chi connectivity index (χ4v) is 3.22. The molecule has 2 aromatic rings. The first-order valence-corrected chi connectivity index (χ1v) is 7.95. The molecule has 0 saturated carbocycles. The van der Waals surface area contributed by atoms with Crippen LogP contribution in [-0.4, -0.2) is 40.2 Å². The summed E-state index contributed by atoms with van der Waals surface area (Å²) in [6.07, 6.45) is 3.73. The summed E-state index contributed by atoms with van der Waals surface area (Å²) in [5.74, 6) is -0.193. The number of methoxy groups -OCH3 is 1. The normalized spacial score (nSPS) is 16.7. The molecule has 1 aromatic heterocycles. The number of aliphatic hydroxyl groups excluding tert-OH is 1. The van der Waals surface area contributed by atoms with Gasteiger partial charge in [0.05, 0.1) is 12.0 Å². The molecule has 0 unspecified atom stereocenters. The SMILES string of the molecule is COc1cc(F)c([N+](=O)[O-])c(N2CCC([C@@H](O)c3ncc[nH]3)CC2)c1. The van der Waals surface area contributed by atoms with Crippen LogP contribution < -0.4 is 9.64 Å². The third kappa shape index (κ3) is 3.41. The Morgan fingerprint density at radius 1 is 1.48 bits per heavy atom. The second-order valence-electron chi connectivity index (χ2n) is 5.98. The van der Waals surface area contributed by atoms with E-state index in [-0.39, 0.29) is 17.4 Å². The molecule has 3 rings (SSSR count). The summed E-state index contributed by atoms with van der Waals surface area (Å²) >= 11 is 0. The highest BCUT2D eigenvalue weighted by Crippen LogP contribution is 2.38. The van der Waals surface area contributed by atoms with Crippen molar-refractivity contribution >= 4 is 11.4 Å². The lowest BCUT2D eigenvalue weighted by molar-refractivity contribution is -0.386. The number of rotatable bonds is 5. The zero-order chi connectivity index (χ0) is 18.0. The number of anilines is 1. The van der Waals surface area contributed by atoms with E-state index in [9.17, 15) is 19.6 Å². The van der Waals surface area contributed by atoms with Gasteiger partial charge in [0.15, 0.2) is 0 Å². The van der Waals surface area contributed by atoms with Gasteiger partial charge in [0.1, 0.15) is 23.4 Å². The summed E-state index contributed by atoms with van der Waals surface area (Å²) in [5, 5.41) is 21.6. The van der Waals surface area contributed by atoms with Crippen LogP contribution in [0.1, 0.15) is 24.8 Å². The molecule has 25 heavy (non-hydrogen) atoms. The summed E-state index contributed by atoms with van der Waals surface area (Å²) in [6, 6.07) is 2.49. The number of ether oxygens (including phenoxy) is 1. The number of benzene rings is 1. The number of nitrogens with zero attached hydrogens (tertiary/aromatic N) is 3. The van der Waals surface area contributed by atoms with Crippen molar-refractivity contribution in [3.63, 3.8) is 0 Å². The Hall–Kier alpha value is -2.68. The van der Waals surface area contributed by atoms with Crippen molar-refractivity contribution < 1.29 is 19.2 Å². The molecule has 1 atom stereocenters. The molecule has 2 heterocycles. The lowest BCUT2D eigenvalue weighted by Crippen LogP contribution is -2.36. The van der Waals surface area contributed by atoms with Gasteiger partial charge in [-0.25, -0.2) is 4.98 Å². The van der Waals surface area contributed by atoms with Gasteiger partial charge in [0, 0.05) is 37.6 Å². The summed E-state index contributed by atoms with van der Waals surface area (Å²) in [7, 11) is 1.39. The van der Waals surface area contributed by atoms with E-state index in [4.69, 9.17) is 4.74 Å². The predicted octanol–water partition coefficient (Wildman–Crippen LogP) is 2.42. The number of imidazole rings is 1. The van der Waals surface area contributed by atoms with E-state index >= 15 is 0 Å². The first-order valence-electron chi connectivity index (χ1n) is 7.95. The third-order valence-corrected chi connectivity index (χ3v) is 4.56. The number of hydrogen-bond donors (Lipinski definition) is 2. The van der Waals surface area contributed by atoms with Gasteiger partial charge in [-0.05, 0) is 18.8 Å². The second-order valence-corrected chi connectivity index (χ2v) is 5.98. The Labute approximate surface area is 143 Å². The summed E-state index contributed by atoms with van der Waals surface area (Å²) < 4.78 is 19.1. The number of aromatic amines is 1. The summed E-state index contributed by atoms with van der Waals surface area (Å²) in [5.41, 5.74) is -0.348. The van der Waals surface area contributed by atoms with Crippen LogP contribution in [0.15, 0.2) is 24.5 Å². The topological polar surface area (TPSA) is 105 Å². The summed E-state index contributed by atoms with van der Waals surface area (Å²) in [6.45, 7) is 0.936. The zero-order valence-electron chi connectivity index (χ0n) is 13.7. The van der Waals surface area contributed by atoms with Gasteiger partial charge < -0.3 is 19.7 Å². The van der Waals surface area contributed by atoms with Crippen molar-refractivity contribution in [2.24, 2.45) is 5.92 Å². The molecule has 0 radical (unpaired) electrons. The molecule has 1 fully saturated rings. The van der Waals surface area contributed by atoms with E-state index in [1.807, 2.05) is 0 Å². The second kappa shape index (κ2) is 7.06. The number of aromatic nitrogens is 2. The van der Waals surface area contributed by atoms with Gasteiger partial charge in [-0.2, -0.15) is 4.39 Å². The van der Waals surface area contributed by atoms with E-state index in [1.54, 1.807) is 17.3 Å². The predicted molar refractivity (Wildman–Crippen MR) is 88.1 cm³/mol. The molecule has 134 valence electrons. The number of hydrogen-bond acceptors (Lipinski definition) is 6. The molecule has 0 bridgehead atoms. The highest BCUT2D eigenvalue weighted by atomic mass is 19.1. The van der Waals surface area contributed by atoms with Crippen molar-refractivity contribution in [1.82, 2.24) is 9.97 Å². The van der Waals surface area contributed by atoms with Crippen LogP contribution in [0.25, 0.3) is 0 Å². The number of nitro groups is 1. The maximum atomic E-state index is 14.1. The van der Waals surface area contributed by atoms with Crippen LogP contribution in [0.5, 0.6) is 5.75 Å². The molecule has 1 aromatic carbocycles. The molecule has 2 N–H and O–H groups in total. The van der Waals surface area contributed by atoms with Crippen molar-refractivity contribution in [1.29, 1.82) is 0 Å². The van der Waals surface area contributed by atoms with E-state index in [1.165, 1.54) is 13.2 Å². The molecule has 0 spiro atoms. The minimum atomic E-state index is -0.919. The highest BCUT2D eigenvalue weighted by molar-refractivity contribution is 5.66. The average Bonchev–Trinajstić information content (AvgIpc) is 3.14. The van der Waals surface area contributed by atoms with Crippen molar-refractivity contribution in [2.75, 3.05) is 25.1 Å². The fourth-order valence-electron chi connectivity index (χ4n) is 3.22. The monoisotopic (exact) mass is 350 g/mol. The number of halogens is 1. The number of H-pyrrole nitrogens is 1. The van der Waals surface area contributed by atoms with Gasteiger partial charge in [0.2, 0.25) is 5.82 Å². The maximum Gasteiger partial charge on any atom is 0.328 e. The van der Waals surface area contributed by atoms with Gasteiger partial charge in [-0.15, -0.1) is 0 Å². The Balaban J connectivity index is 1.78. The van der Waals surface area contributed by atoms with Crippen LogP contribution in [0.3, 0.4) is 0 Å². The average molecular weight is 350 g/mol. The number of nitro benzene ring substituents is 1. The fraction of sp³-hybridized carbons (Fsp3) is 0.438. The first kappa shape index (κ1) is 17.2. The smallest absolute Gasteiger partial charge is 0.328 e. The lowest BCUT2D eigenvalue weighted by Gasteiger charge is -2.34. The van der Waals surface area contributed by atoms with Gasteiger partial charge in [-0.1, -0.05) is 0 Å². The maximum absolute atomic E-state index is 14.1. The first-order chi connectivity index (χ1) is 12.0. The highest BCUT2D eigenvalue weighted by Gasteiger charge is 2.32.